The van der Waals surface area contributed by atoms with Gasteiger partial charge < -0.3 is 19.6 Å². The number of hydrogen-bond donors (Lipinski definition) is 1. The van der Waals surface area contributed by atoms with Gasteiger partial charge in [0.1, 0.15) is 5.60 Å². The Hall–Kier alpha value is -2.37. The van der Waals surface area contributed by atoms with Gasteiger partial charge in [0.05, 0.1) is 11.6 Å². The van der Waals surface area contributed by atoms with E-state index in [9.17, 15) is 9.90 Å². The van der Waals surface area contributed by atoms with E-state index in [1.165, 1.54) is 18.4 Å². The van der Waals surface area contributed by atoms with E-state index in [1.54, 1.807) is 13.8 Å². The molecule has 2 aromatic carbocycles. The van der Waals surface area contributed by atoms with E-state index in [2.05, 4.69) is 43.1 Å². The van der Waals surface area contributed by atoms with Crippen LogP contribution in [-0.4, -0.2) is 53.3 Å². The first-order chi connectivity index (χ1) is 15.7. The van der Waals surface area contributed by atoms with Gasteiger partial charge in [-0.25, -0.2) is 4.79 Å². The van der Waals surface area contributed by atoms with Gasteiger partial charge >= 0.3 is 6.09 Å². The molecule has 0 spiro atoms. The van der Waals surface area contributed by atoms with E-state index in [0.29, 0.717) is 25.3 Å². The fraction of sp³-hybridized carbons (Fsp3) is 0.536. The van der Waals surface area contributed by atoms with Crippen LogP contribution >= 0.6 is 0 Å². The lowest BCUT2D eigenvalue weighted by atomic mass is 9.80. The fourth-order valence-electron chi connectivity index (χ4n) is 5.46. The van der Waals surface area contributed by atoms with Crippen molar-refractivity contribution in [3.05, 3.63) is 71.3 Å². The quantitative estimate of drug-likeness (QED) is 0.635. The number of carbonyl (C=O) groups excluding carboxylic acids is 1. The van der Waals surface area contributed by atoms with Crippen molar-refractivity contribution in [2.24, 2.45) is 0 Å². The van der Waals surface area contributed by atoms with Crippen LogP contribution in [0.3, 0.4) is 0 Å². The van der Waals surface area contributed by atoms with Crippen LogP contribution < -0.4 is 0 Å². The van der Waals surface area contributed by atoms with E-state index in [-0.39, 0.29) is 12.1 Å². The van der Waals surface area contributed by atoms with Gasteiger partial charge in [-0.2, -0.15) is 0 Å². The minimum absolute atomic E-state index is 0.0695. The Morgan fingerprint density at radius 1 is 1.06 bits per heavy atom. The van der Waals surface area contributed by atoms with Crippen LogP contribution in [0.5, 0.6) is 0 Å². The van der Waals surface area contributed by atoms with Crippen molar-refractivity contribution in [3.8, 4) is 0 Å². The summed E-state index contributed by atoms with van der Waals surface area (Å²) in [6.07, 6.45) is 3.09. The van der Waals surface area contributed by atoms with Crippen LogP contribution in [0.15, 0.2) is 54.6 Å². The molecule has 2 fully saturated rings. The highest BCUT2D eigenvalue weighted by molar-refractivity contribution is 5.70. The monoisotopic (exact) mass is 450 g/mol. The maximum absolute atomic E-state index is 13.2. The molecule has 33 heavy (non-hydrogen) atoms. The summed E-state index contributed by atoms with van der Waals surface area (Å²) in [7, 11) is 2.19. The summed E-state index contributed by atoms with van der Waals surface area (Å²) < 4.78 is 6.14. The van der Waals surface area contributed by atoms with Crippen molar-refractivity contribution in [2.75, 3.05) is 26.7 Å². The molecule has 0 aromatic heterocycles. The highest BCUT2D eigenvalue weighted by Gasteiger charge is 2.46. The predicted molar refractivity (Wildman–Crippen MR) is 131 cm³/mol. The number of nitrogens with zero attached hydrogens (tertiary/aromatic N) is 2. The third-order valence-corrected chi connectivity index (χ3v) is 7.37. The minimum Gasteiger partial charge on any atom is -0.438 e. The molecular formula is C28H38N2O3. The number of aliphatic hydroxyl groups is 1. The molecule has 2 atom stereocenters. The first kappa shape index (κ1) is 23.8. The molecule has 5 heteroatoms. The molecular weight excluding hydrogens is 412 g/mol. The SMILES string of the molecule is C[C@@H](c1ccc(C2CCN(C)CC2)cc1)N1CC[C@](CC(C)(C)O)(c2ccccc2)OC1=O. The third-order valence-electron chi connectivity index (χ3n) is 7.37. The van der Waals surface area contributed by atoms with Gasteiger partial charge in [0.2, 0.25) is 0 Å². The van der Waals surface area contributed by atoms with Gasteiger partial charge in [0.15, 0.2) is 0 Å². The zero-order chi connectivity index (χ0) is 23.6. The Morgan fingerprint density at radius 2 is 1.70 bits per heavy atom. The maximum atomic E-state index is 13.2. The summed E-state index contributed by atoms with van der Waals surface area (Å²) in [5, 5.41) is 10.6. The van der Waals surface area contributed by atoms with Crippen LogP contribution in [0.4, 0.5) is 4.79 Å². The second-order valence-corrected chi connectivity index (χ2v) is 10.6. The number of rotatable bonds is 6. The number of benzene rings is 2. The molecule has 0 unspecified atom stereocenters. The molecule has 1 amide bonds. The third kappa shape index (κ3) is 5.42. The summed E-state index contributed by atoms with van der Waals surface area (Å²) in [6.45, 7) is 8.49. The van der Waals surface area contributed by atoms with Crippen molar-refractivity contribution >= 4 is 6.09 Å². The Labute approximate surface area is 198 Å². The normalized spacial score (nSPS) is 23.9. The number of amides is 1. The van der Waals surface area contributed by atoms with Crippen molar-refractivity contribution in [2.45, 2.75) is 69.6 Å². The van der Waals surface area contributed by atoms with Crippen molar-refractivity contribution in [1.82, 2.24) is 9.80 Å². The van der Waals surface area contributed by atoms with Crippen LogP contribution in [0, 0.1) is 0 Å². The average Bonchev–Trinajstić information content (AvgIpc) is 2.79. The average molecular weight is 451 g/mol. The molecule has 2 saturated heterocycles. The number of cyclic esters (lactones) is 1. The van der Waals surface area contributed by atoms with Gasteiger partial charge in [-0.3, -0.25) is 0 Å². The molecule has 2 aliphatic rings. The second-order valence-electron chi connectivity index (χ2n) is 10.6. The molecule has 0 saturated carbocycles. The predicted octanol–water partition coefficient (Wildman–Crippen LogP) is 5.46. The zero-order valence-electron chi connectivity index (χ0n) is 20.5. The Kier molecular flexibility index (Phi) is 6.83. The van der Waals surface area contributed by atoms with Crippen molar-refractivity contribution < 1.29 is 14.6 Å². The number of ether oxygens (including phenoxy) is 1. The Bertz CT molecular complexity index is 930. The van der Waals surface area contributed by atoms with Crippen LogP contribution in [0.25, 0.3) is 0 Å². The lowest BCUT2D eigenvalue weighted by Gasteiger charge is -2.45. The number of hydrogen-bond acceptors (Lipinski definition) is 4. The highest BCUT2D eigenvalue weighted by Crippen LogP contribution is 2.42. The van der Waals surface area contributed by atoms with Gasteiger partial charge in [0, 0.05) is 19.4 Å². The highest BCUT2D eigenvalue weighted by atomic mass is 16.6. The van der Waals surface area contributed by atoms with Gasteiger partial charge in [-0.1, -0.05) is 54.6 Å². The van der Waals surface area contributed by atoms with Gasteiger partial charge in [0.25, 0.3) is 0 Å². The van der Waals surface area contributed by atoms with E-state index in [4.69, 9.17) is 4.74 Å². The molecule has 2 aliphatic heterocycles. The van der Waals surface area contributed by atoms with Crippen molar-refractivity contribution in [3.63, 3.8) is 0 Å². The molecule has 0 aliphatic carbocycles. The number of carbonyl (C=O) groups is 1. The molecule has 178 valence electrons. The summed E-state index contributed by atoms with van der Waals surface area (Å²) in [5.41, 5.74) is 1.69. The Balaban J connectivity index is 1.48. The first-order valence-electron chi connectivity index (χ1n) is 12.2. The van der Waals surface area contributed by atoms with Gasteiger partial charge in [-0.05, 0) is 76.4 Å². The summed E-state index contributed by atoms with van der Waals surface area (Å²) in [4.78, 5) is 17.5. The smallest absolute Gasteiger partial charge is 0.411 e. The van der Waals surface area contributed by atoms with E-state index in [0.717, 1.165) is 24.2 Å². The minimum atomic E-state index is -0.951. The molecule has 4 rings (SSSR count). The summed E-state index contributed by atoms with van der Waals surface area (Å²) in [5.74, 6) is 0.624. The van der Waals surface area contributed by atoms with Gasteiger partial charge in [-0.15, -0.1) is 0 Å². The summed E-state index contributed by atoms with van der Waals surface area (Å²) >= 11 is 0. The summed E-state index contributed by atoms with van der Waals surface area (Å²) in [6, 6.07) is 18.6. The van der Waals surface area contributed by atoms with Crippen LogP contribution in [0.1, 0.15) is 75.1 Å². The molecule has 5 nitrogen and oxygen atoms in total. The molecule has 0 bridgehead atoms. The van der Waals surface area contributed by atoms with Crippen molar-refractivity contribution in [1.29, 1.82) is 0 Å². The van der Waals surface area contributed by atoms with Crippen LogP contribution in [-0.2, 0) is 10.3 Å². The van der Waals surface area contributed by atoms with E-state index in [1.807, 2.05) is 35.2 Å². The lowest BCUT2D eigenvalue weighted by molar-refractivity contribution is -0.101. The number of piperidine rings is 1. The lowest BCUT2D eigenvalue weighted by Crippen LogP contribution is -2.51. The molecule has 0 radical (unpaired) electrons. The molecule has 2 aromatic rings. The largest absolute Gasteiger partial charge is 0.438 e. The van der Waals surface area contributed by atoms with Crippen LogP contribution in [0.2, 0.25) is 0 Å². The fourth-order valence-corrected chi connectivity index (χ4v) is 5.46. The Morgan fingerprint density at radius 3 is 2.27 bits per heavy atom. The maximum Gasteiger partial charge on any atom is 0.411 e. The topological polar surface area (TPSA) is 53.0 Å². The molecule has 2 heterocycles. The molecule has 1 N–H and O–H groups in total. The second kappa shape index (κ2) is 9.47. The zero-order valence-corrected chi connectivity index (χ0v) is 20.5. The number of likely N-dealkylation sites (tertiary alicyclic amines) is 1. The van der Waals surface area contributed by atoms with E-state index < -0.39 is 11.2 Å². The standard InChI is InChI=1S/C28H38N2O3/c1-21(22-10-12-23(13-11-22)24-14-17-29(4)18-15-24)30-19-16-28(33-26(30)31,20-27(2,3)32)25-8-6-5-7-9-25/h5-13,21,24,32H,14-20H2,1-4H3/t21-,28-/m0/s1. The first-order valence-corrected chi connectivity index (χ1v) is 12.2. The van der Waals surface area contributed by atoms with E-state index >= 15 is 0 Å².